The van der Waals surface area contributed by atoms with Crippen LogP contribution in [0.2, 0.25) is 0 Å². The Morgan fingerprint density at radius 3 is 2.56 bits per heavy atom. The second-order valence-corrected chi connectivity index (χ2v) is 6.04. The minimum absolute atomic E-state index is 0.170. The normalized spacial score (nSPS) is 12.1. The molecule has 4 heteroatoms. The topological polar surface area (TPSA) is 49.3 Å². The van der Waals surface area contributed by atoms with E-state index in [0.717, 1.165) is 21.9 Å². The molecule has 1 amide bonds. The average Bonchev–Trinajstić information content (AvgIpc) is 2.64. The van der Waals surface area contributed by atoms with E-state index in [1.165, 1.54) is 12.1 Å². The molecule has 3 aromatic carbocycles. The minimum Gasteiger partial charge on any atom is -0.394 e. The molecule has 0 radical (unpaired) electrons. The molecule has 3 nitrogen and oxygen atoms in total. The summed E-state index contributed by atoms with van der Waals surface area (Å²) in [5.74, 6) is -0.473. The zero-order valence-corrected chi connectivity index (χ0v) is 13.8. The first-order valence-corrected chi connectivity index (χ1v) is 8.29. The van der Waals surface area contributed by atoms with Gasteiger partial charge in [0.15, 0.2) is 0 Å². The van der Waals surface area contributed by atoms with Crippen LogP contribution < -0.4 is 5.32 Å². The molecule has 0 saturated heterocycles. The molecule has 0 aliphatic heterocycles. The van der Waals surface area contributed by atoms with Crippen LogP contribution in [-0.2, 0) is 11.2 Å². The zero-order chi connectivity index (χ0) is 17.6. The van der Waals surface area contributed by atoms with Crippen LogP contribution >= 0.6 is 0 Å². The average molecular weight is 337 g/mol. The van der Waals surface area contributed by atoms with Gasteiger partial charge in [-0.25, -0.2) is 4.39 Å². The first-order valence-electron chi connectivity index (χ1n) is 8.29. The number of aryl methyl sites for hydroxylation is 1. The van der Waals surface area contributed by atoms with Gasteiger partial charge < -0.3 is 10.4 Å². The standard InChI is InChI=1S/C21H20FNO2/c22-19-7-3-4-15(12-19)8-11-21(25)23-20(14-24)18-10-9-16-5-1-2-6-17(16)13-18/h1-7,9-10,12-13,20,24H,8,11,14H2,(H,23,25)/t20-/m0/s1. The van der Waals surface area contributed by atoms with Crippen molar-refractivity contribution in [2.75, 3.05) is 6.61 Å². The highest BCUT2D eigenvalue weighted by Crippen LogP contribution is 2.20. The molecule has 0 aliphatic carbocycles. The van der Waals surface area contributed by atoms with Gasteiger partial charge in [0, 0.05) is 6.42 Å². The molecule has 0 bridgehead atoms. The van der Waals surface area contributed by atoms with Gasteiger partial charge in [-0.2, -0.15) is 0 Å². The van der Waals surface area contributed by atoms with E-state index in [0.29, 0.717) is 6.42 Å². The van der Waals surface area contributed by atoms with Crippen molar-refractivity contribution in [3.8, 4) is 0 Å². The molecule has 0 saturated carbocycles. The fraction of sp³-hybridized carbons (Fsp3) is 0.190. The molecule has 3 aromatic rings. The van der Waals surface area contributed by atoms with Crippen LogP contribution in [-0.4, -0.2) is 17.6 Å². The molecule has 25 heavy (non-hydrogen) atoms. The summed E-state index contributed by atoms with van der Waals surface area (Å²) in [4.78, 5) is 12.2. The van der Waals surface area contributed by atoms with Crippen molar-refractivity contribution in [1.29, 1.82) is 0 Å². The van der Waals surface area contributed by atoms with Crippen LogP contribution in [0.5, 0.6) is 0 Å². The SMILES string of the molecule is O=C(CCc1cccc(F)c1)N[C@@H](CO)c1ccc2ccccc2c1. The first kappa shape index (κ1) is 17.1. The van der Waals surface area contributed by atoms with E-state index < -0.39 is 6.04 Å². The van der Waals surface area contributed by atoms with Gasteiger partial charge in [0.2, 0.25) is 5.91 Å². The second-order valence-electron chi connectivity index (χ2n) is 6.04. The summed E-state index contributed by atoms with van der Waals surface area (Å²) in [7, 11) is 0. The summed E-state index contributed by atoms with van der Waals surface area (Å²) < 4.78 is 13.2. The van der Waals surface area contributed by atoms with Gasteiger partial charge in [-0.1, -0.05) is 48.5 Å². The van der Waals surface area contributed by atoms with Crippen molar-refractivity contribution >= 4 is 16.7 Å². The molecule has 3 rings (SSSR count). The van der Waals surface area contributed by atoms with E-state index in [2.05, 4.69) is 5.32 Å². The molecule has 0 fully saturated rings. The lowest BCUT2D eigenvalue weighted by Crippen LogP contribution is -2.30. The van der Waals surface area contributed by atoms with Gasteiger partial charge in [-0.15, -0.1) is 0 Å². The van der Waals surface area contributed by atoms with Crippen LogP contribution in [0.15, 0.2) is 66.7 Å². The van der Waals surface area contributed by atoms with Crippen LogP contribution in [0.1, 0.15) is 23.6 Å². The molecule has 1 atom stereocenters. The molecule has 0 spiro atoms. The van der Waals surface area contributed by atoms with Crippen molar-refractivity contribution in [2.45, 2.75) is 18.9 Å². The Morgan fingerprint density at radius 2 is 1.80 bits per heavy atom. The number of halogens is 1. The maximum absolute atomic E-state index is 13.2. The molecule has 128 valence electrons. The smallest absolute Gasteiger partial charge is 0.220 e. The first-order chi connectivity index (χ1) is 12.2. The largest absolute Gasteiger partial charge is 0.394 e. The fourth-order valence-corrected chi connectivity index (χ4v) is 2.88. The lowest BCUT2D eigenvalue weighted by atomic mass is 10.0. The van der Waals surface area contributed by atoms with Crippen molar-refractivity contribution in [3.63, 3.8) is 0 Å². The van der Waals surface area contributed by atoms with Crippen molar-refractivity contribution in [1.82, 2.24) is 5.32 Å². The second kappa shape index (κ2) is 7.90. The molecule has 0 aromatic heterocycles. The van der Waals surface area contributed by atoms with Gasteiger partial charge in [0.05, 0.1) is 12.6 Å². The predicted octanol–water partition coefficient (Wildman–Crippen LogP) is 3.76. The Kier molecular flexibility index (Phi) is 5.41. The Balaban J connectivity index is 1.65. The molecule has 2 N–H and O–H groups in total. The van der Waals surface area contributed by atoms with Crippen LogP contribution in [0.25, 0.3) is 10.8 Å². The van der Waals surface area contributed by atoms with Crippen LogP contribution in [0.4, 0.5) is 4.39 Å². The third-order valence-corrected chi connectivity index (χ3v) is 4.22. The predicted molar refractivity (Wildman–Crippen MR) is 96.6 cm³/mol. The summed E-state index contributed by atoms with van der Waals surface area (Å²) in [5.41, 5.74) is 1.64. The number of hydrogen-bond donors (Lipinski definition) is 2. The van der Waals surface area contributed by atoms with E-state index in [1.807, 2.05) is 42.5 Å². The number of benzene rings is 3. The minimum atomic E-state index is -0.454. The summed E-state index contributed by atoms with van der Waals surface area (Å²) in [6.45, 7) is -0.177. The number of carbonyl (C=O) groups excluding carboxylic acids is 1. The van der Waals surface area contributed by atoms with Crippen LogP contribution in [0, 0.1) is 5.82 Å². The lowest BCUT2D eigenvalue weighted by molar-refractivity contribution is -0.122. The zero-order valence-electron chi connectivity index (χ0n) is 13.8. The molecule has 0 aliphatic rings. The van der Waals surface area contributed by atoms with Gasteiger partial charge in [0.25, 0.3) is 0 Å². The fourth-order valence-electron chi connectivity index (χ4n) is 2.88. The highest BCUT2D eigenvalue weighted by atomic mass is 19.1. The van der Waals surface area contributed by atoms with Gasteiger partial charge in [-0.05, 0) is 46.5 Å². The molecular formula is C21H20FNO2. The Hall–Kier alpha value is -2.72. The highest BCUT2D eigenvalue weighted by Gasteiger charge is 2.14. The number of carbonyl (C=O) groups is 1. The monoisotopic (exact) mass is 337 g/mol. The third kappa shape index (κ3) is 4.43. The quantitative estimate of drug-likeness (QED) is 0.719. The van der Waals surface area contributed by atoms with E-state index >= 15 is 0 Å². The van der Waals surface area contributed by atoms with E-state index in [-0.39, 0.29) is 24.8 Å². The number of aliphatic hydroxyl groups excluding tert-OH is 1. The number of rotatable bonds is 6. The summed E-state index contributed by atoms with van der Waals surface area (Å²) in [5, 5.41) is 14.7. The van der Waals surface area contributed by atoms with Gasteiger partial charge in [-0.3, -0.25) is 4.79 Å². The maximum atomic E-state index is 13.2. The van der Waals surface area contributed by atoms with E-state index in [1.54, 1.807) is 12.1 Å². The molecular weight excluding hydrogens is 317 g/mol. The number of fused-ring (bicyclic) bond motifs is 1. The Labute approximate surface area is 146 Å². The summed E-state index contributed by atoms with van der Waals surface area (Å²) >= 11 is 0. The Morgan fingerprint density at radius 1 is 1.00 bits per heavy atom. The molecule has 0 unspecified atom stereocenters. The Bertz CT molecular complexity index is 878. The third-order valence-electron chi connectivity index (χ3n) is 4.22. The summed E-state index contributed by atoms with van der Waals surface area (Å²) in [6, 6.07) is 19.6. The van der Waals surface area contributed by atoms with Crippen molar-refractivity contribution in [2.24, 2.45) is 0 Å². The number of hydrogen-bond acceptors (Lipinski definition) is 2. The van der Waals surface area contributed by atoms with Crippen molar-refractivity contribution < 1.29 is 14.3 Å². The van der Waals surface area contributed by atoms with E-state index in [4.69, 9.17) is 0 Å². The number of amides is 1. The number of nitrogens with one attached hydrogen (secondary N) is 1. The van der Waals surface area contributed by atoms with E-state index in [9.17, 15) is 14.3 Å². The lowest BCUT2D eigenvalue weighted by Gasteiger charge is -2.17. The maximum Gasteiger partial charge on any atom is 0.220 e. The molecule has 0 heterocycles. The van der Waals surface area contributed by atoms with Gasteiger partial charge in [0.1, 0.15) is 5.82 Å². The summed E-state index contributed by atoms with van der Waals surface area (Å²) in [6.07, 6.45) is 0.701. The van der Waals surface area contributed by atoms with Gasteiger partial charge >= 0.3 is 0 Å². The highest BCUT2D eigenvalue weighted by molar-refractivity contribution is 5.83. The van der Waals surface area contributed by atoms with Crippen molar-refractivity contribution in [3.05, 3.63) is 83.7 Å². The number of aliphatic hydroxyl groups is 1. The van der Waals surface area contributed by atoms with Crippen LogP contribution in [0.3, 0.4) is 0 Å².